The molecule has 1 atom stereocenters. The summed E-state index contributed by atoms with van der Waals surface area (Å²) in [5.41, 5.74) is 3.15. The van der Waals surface area contributed by atoms with Gasteiger partial charge in [0.1, 0.15) is 10.3 Å². The quantitative estimate of drug-likeness (QED) is 0.348. The van der Waals surface area contributed by atoms with Crippen molar-refractivity contribution in [3.05, 3.63) is 71.8 Å². The van der Waals surface area contributed by atoms with Crippen molar-refractivity contribution in [3.8, 4) is 5.88 Å². The molecule has 2 aliphatic rings. The minimum absolute atomic E-state index is 0.0227. The molecule has 1 unspecified atom stereocenters. The van der Waals surface area contributed by atoms with Gasteiger partial charge in [-0.25, -0.2) is 18.4 Å². The van der Waals surface area contributed by atoms with Crippen molar-refractivity contribution >= 4 is 48.4 Å². The van der Waals surface area contributed by atoms with Gasteiger partial charge in [0.05, 0.1) is 12.0 Å². The molecule has 0 N–H and O–H groups in total. The Morgan fingerprint density at radius 3 is 2.62 bits per heavy atom. The van der Waals surface area contributed by atoms with Gasteiger partial charge in [0.15, 0.2) is 5.13 Å². The van der Waals surface area contributed by atoms with E-state index in [9.17, 15) is 13.2 Å². The van der Waals surface area contributed by atoms with Crippen LogP contribution < -0.4 is 9.64 Å². The molecule has 1 saturated heterocycles. The highest BCUT2D eigenvalue weighted by atomic mass is 32.2. The van der Waals surface area contributed by atoms with Gasteiger partial charge in [0.2, 0.25) is 21.8 Å². The number of fused-ring (bicyclic) bond motifs is 3. The standard InChI is InChI=1S/C28H29N5O4S2/c1-19(34)32-14-13-28(17-32)18-33(27-29-23-10-12-25(37-3)30-26(23)38-27)24-11-9-21(15-22(24)28)39(35,36)31(2)16-20-7-5-4-6-8-20/h4-12,15H,13-14,16-18H2,1-3H3. The highest BCUT2D eigenvalue weighted by Crippen LogP contribution is 2.51. The molecule has 2 aromatic carbocycles. The van der Waals surface area contributed by atoms with E-state index < -0.39 is 15.4 Å². The average Bonchev–Trinajstić information content (AvgIpc) is 3.64. The van der Waals surface area contributed by atoms with Crippen LogP contribution in [-0.4, -0.2) is 67.3 Å². The Morgan fingerprint density at radius 1 is 1.10 bits per heavy atom. The highest BCUT2D eigenvalue weighted by molar-refractivity contribution is 7.89. The number of ether oxygens (including phenoxy) is 1. The smallest absolute Gasteiger partial charge is 0.243 e. The van der Waals surface area contributed by atoms with Crippen LogP contribution in [0.5, 0.6) is 5.88 Å². The molecule has 9 nitrogen and oxygen atoms in total. The molecule has 202 valence electrons. The second-order valence-electron chi connectivity index (χ2n) is 10.2. The second kappa shape index (κ2) is 9.58. The molecule has 0 aliphatic carbocycles. The van der Waals surface area contributed by atoms with Gasteiger partial charge in [-0.05, 0) is 41.8 Å². The fourth-order valence-electron chi connectivity index (χ4n) is 5.59. The first-order chi connectivity index (χ1) is 18.7. The summed E-state index contributed by atoms with van der Waals surface area (Å²) in [5, 5.41) is 0.780. The Bertz CT molecular complexity index is 1670. The van der Waals surface area contributed by atoms with Crippen molar-refractivity contribution in [2.24, 2.45) is 0 Å². The molecule has 4 heterocycles. The van der Waals surface area contributed by atoms with Gasteiger partial charge in [0, 0.05) is 57.3 Å². The number of benzene rings is 2. The third-order valence-electron chi connectivity index (χ3n) is 7.71. The lowest BCUT2D eigenvalue weighted by molar-refractivity contribution is -0.127. The lowest BCUT2D eigenvalue weighted by atomic mass is 9.81. The molecule has 6 rings (SSSR count). The summed E-state index contributed by atoms with van der Waals surface area (Å²) in [4.78, 5) is 26.7. The van der Waals surface area contributed by atoms with Gasteiger partial charge in [-0.2, -0.15) is 4.31 Å². The number of pyridine rings is 1. The SMILES string of the molecule is COc1ccc2nc(N3CC4(CCN(C(C)=O)C4)c4cc(S(=O)(=O)N(C)Cc5ccccc5)ccc43)sc2n1. The highest BCUT2D eigenvalue weighted by Gasteiger charge is 2.49. The zero-order valence-corrected chi connectivity index (χ0v) is 23.6. The van der Waals surface area contributed by atoms with Crippen molar-refractivity contribution in [2.45, 2.75) is 30.2 Å². The van der Waals surface area contributed by atoms with E-state index in [0.717, 1.165) is 38.7 Å². The maximum Gasteiger partial charge on any atom is 0.243 e. The van der Waals surface area contributed by atoms with Crippen LogP contribution in [0.1, 0.15) is 24.5 Å². The number of nitrogens with zero attached hydrogens (tertiary/aromatic N) is 5. The molecule has 2 aromatic heterocycles. The largest absolute Gasteiger partial charge is 0.481 e. The Kier molecular flexibility index (Phi) is 6.32. The predicted molar refractivity (Wildman–Crippen MR) is 151 cm³/mol. The van der Waals surface area contributed by atoms with Gasteiger partial charge in [0.25, 0.3) is 0 Å². The van der Waals surface area contributed by atoms with E-state index in [1.54, 1.807) is 33.2 Å². The normalized spacial score (nSPS) is 18.9. The first-order valence-corrected chi connectivity index (χ1v) is 15.0. The number of amides is 1. The molecule has 4 aromatic rings. The van der Waals surface area contributed by atoms with Crippen LogP contribution in [0.25, 0.3) is 10.3 Å². The van der Waals surface area contributed by atoms with E-state index in [1.807, 2.05) is 53.4 Å². The topological polar surface area (TPSA) is 95.9 Å². The van der Waals surface area contributed by atoms with E-state index >= 15 is 0 Å². The van der Waals surface area contributed by atoms with E-state index in [2.05, 4.69) is 9.88 Å². The van der Waals surface area contributed by atoms with E-state index in [-0.39, 0.29) is 17.3 Å². The van der Waals surface area contributed by atoms with Gasteiger partial charge >= 0.3 is 0 Å². The number of aromatic nitrogens is 2. The molecule has 0 saturated carbocycles. The minimum atomic E-state index is -3.75. The molecule has 11 heteroatoms. The van der Waals surface area contributed by atoms with Crippen LogP contribution in [0.15, 0.2) is 65.6 Å². The van der Waals surface area contributed by atoms with Crippen LogP contribution in [0, 0.1) is 0 Å². The minimum Gasteiger partial charge on any atom is -0.481 e. The second-order valence-corrected chi connectivity index (χ2v) is 13.2. The number of methoxy groups -OCH3 is 1. The number of hydrogen-bond acceptors (Lipinski definition) is 8. The number of hydrogen-bond donors (Lipinski definition) is 0. The number of sulfonamides is 1. The average molecular weight is 564 g/mol. The fraction of sp³-hybridized carbons (Fsp3) is 0.321. The van der Waals surface area contributed by atoms with E-state index in [0.29, 0.717) is 25.5 Å². The number of thiazole rings is 1. The van der Waals surface area contributed by atoms with Crippen LogP contribution in [0.3, 0.4) is 0 Å². The summed E-state index contributed by atoms with van der Waals surface area (Å²) in [6.07, 6.45) is 0.746. The van der Waals surface area contributed by atoms with Gasteiger partial charge in [-0.3, -0.25) is 4.79 Å². The van der Waals surface area contributed by atoms with Crippen molar-refractivity contribution in [1.82, 2.24) is 19.2 Å². The maximum atomic E-state index is 13.7. The number of anilines is 2. The summed E-state index contributed by atoms with van der Waals surface area (Å²) in [6.45, 7) is 3.63. The number of rotatable bonds is 6. The van der Waals surface area contributed by atoms with E-state index in [1.165, 1.54) is 15.6 Å². The Labute approximate surface area is 231 Å². The van der Waals surface area contributed by atoms with Crippen molar-refractivity contribution in [2.75, 3.05) is 38.7 Å². The molecular weight excluding hydrogens is 534 g/mol. The molecule has 1 amide bonds. The van der Waals surface area contributed by atoms with E-state index in [4.69, 9.17) is 9.72 Å². The first kappa shape index (κ1) is 25.7. The summed E-state index contributed by atoms with van der Waals surface area (Å²) < 4.78 is 34.0. The molecule has 39 heavy (non-hydrogen) atoms. The predicted octanol–water partition coefficient (Wildman–Crippen LogP) is 4.16. The van der Waals surface area contributed by atoms with Crippen LogP contribution in [0.2, 0.25) is 0 Å². The lowest BCUT2D eigenvalue weighted by Crippen LogP contribution is -2.36. The van der Waals surface area contributed by atoms with Crippen LogP contribution in [-0.2, 0) is 26.8 Å². The summed E-state index contributed by atoms with van der Waals surface area (Å²) in [6, 6.07) is 18.6. The molecule has 1 fully saturated rings. The Balaban J connectivity index is 1.41. The molecule has 1 spiro atoms. The Morgan fingerprint density at radius 2 is 1.90 bits per heavy atom. The maximum absolute atomic E-state index is 13.7. The third-order valence-corrected chi connectivity index (χ3v) is 10.5. The molecule has 0 bridgehead atoms. The monoisotopic (exact) mass is 563 g/mol. The molecule has 0 radical (unpaired) electrons. The fourth-order valence-corrected chi connectivity index (χ4v) is 7.72. The van der Waals surface area contributed by atoms with Crippen molar-refractivity contribution in [1.29, 1.82) is 0 Å². The summed E-state index contributed by atoms with van der Waals surface area (Å²) >= 11 is 1.47. The van der Waals surface area contributed by atoms with Gasteiger partial charge in [-0.1, -0.05) is 41.7 Å². The molecular formula is C28H29N5O4S2. The van der Waals surface area contributed by atoms with Gasteiger partial charge < -0.3 is 14.5 Å². The Hall–Kier alpha value is -3.54. The zero-order valence-electron chi connectivity index (χ0n) is 22.0. The first-order valence-electron chi connectivity index (χ1n) is 12.7. The number of likely N-dealkylation sites (tertiary alicyclic amines) is 1. The van der Waals surface area contributed by atoms with Crippen LogP contribution in [0.4, 0.5) is 10.8 Å². The van der Waals surface area contributed by atoms with Crippen LogP contribution >= 0.6 is 11.3 Å². The summed E-state index contributed by atoms with van der Waals surface area (Å²) in [7, 11) is -0.560. The summed E-state index contributed by atoms with van der Waals surface area (Å²) in [5.74, 6) is 0.549. The lowest BCUT2D eigenvalue weighted by Gasteiger charge is -2.25. The van der Waals surface area contributed by atoms with Crippen molar-refractivity contribution in [3.63, 3.8) is 0 Å². The number of carbonyl (C=O) groups is 1. The molecule has 2 aliphatic heterocycles. The number of carbonyl (C=O) groups excluding carboxylic acids is 1. The third kappa shape index (κ3) is 4.44. The van der Waals surface area contributed by atoms with Crippen molar-refractivity contribution < 1.29 is 17.9 Å². The van der Waals surface area contributed by atoms with Gasteiger partial charge in [-0.15, -0.1) is 0 Å². The zero-order chi connectivity index (χ0) is 27.4.